The molecule has 29 heavy (non-hydrogen) atoms. The number of piperazine rings is 1. The maximum atomic E-state index is 14.0. The highest BCUT2D eigenvalue weighted by Gasteiger charge is 2.22. The lowest BCUT2D eigenvalue weighted by Gasteiger charge is -2.36. The molecule has 2 heterocycles. The minimum absolute atomic E-state index is 0.199. The summed E-state index contributed by atoms with van der Waals surface area (Å²) in [6, 6.07) is 14.2. The first-order chi connectivity index (χ1) is 14.1. The van der Waals surface area contributed by atoms with E-state index in [1.54, 1.807) is 29.6 Å². The molecule has 0 aliphatic carbocycles. The number of thiazole rings is 1. The van der Waals surface area contributed by atoms with Crippen molar-refractivity contribution in [2.24, 2.45) is 0 Å². The lowest BCUT2D eigenvalue weighted by molar-refractivity contribution is 0.0946. The van der Waals surface area contributed by atoms with Crippen molar-refractivity contribution >= 4 is 39.7 Å². The first-order valence-electron chi connectivity index (χ1n) is 9.33. The number of para-hydroxylation sites is 1. The van der Waals surface area contributed by atoms with Gasteiger partial charge in [0, 0.05) is 43.1 Å². The van der Waals surface area contributed by atoms with E-state index in [1.165, 1.54) is 17.4 Å². The van der Waals surface area contributed by atoms with Crippen LogP contribution in [0.4, 0.5) is 15.2 Å². The molecule has 1 aromatic heterocycles. The fraction of sp³-hybridized carbons (Fsp3) is 0.238. The predicted octanol–water partition coefficient (Wildman–Crippen LogP) is 4.19. The Hall–Kier alpha value is -2.64. The van der Waals surface area contributed by atoms with Crippen molar-refractivity contribution in [2.45, 2.75) is 6.54 Å². The van der Waals surface area contributed by atoms with Crippen LogP contribution in [0.1, 0.15) is 16.1 Å². The van der Waals surface area contributed by atoms with Crippen LogP contribution in [0, 0.1) is 5.82 Å². The van der Waals surface area contributed by atoms with Gasteiger partial charge in [-0.1, -0.05) is 35.9 Å². The van der Waals surface area contributed by atoms with Crippen molar-refractivity contribution in [3.8, 4) is 0 Å². The van der Waals surface area contributed by atoms with Crippen molar-refractivity contribution in [1.29, 1.82) is 0 Å². The van der Waals surface area contributed by atoms with Gasteiger partial charge >= 0.3 is 0 Å². The maximum absolute atomic E-state index is 14.0. The number of rotatable bonds is 5. The standard InChI is InChI=1S/C21H20ClFN4OS/c22-16-7-5-15(6-8-16)13-24-20(28)18-14-29-21(25-18)27-11-9-26(10-12-27)19-4-2-1-3-17(19)23/h1-8,14H,9-13H2,(H,24,28). The van der Waals surface area contributed by atoms with Gasteiger partial charge in [0.25, 0.3) is 5.91 Å². The lowest BCUT2D eigenvalue weighted by atomic mass is 10.2. The zero-order valence-electron chi connectivity index (χ0n) is 15.6. The van der Waals surface area contributed by atoms with E-state index in [2.05, 4.69) is 15.2 Å². The Morgan fingerprint density at radius 2 is 1.76 bits per heavy atom. The molecular formula is C21H20ClFN4OS. The molecule has 1 N–H and O–H groups in total. The Labute approximate surface area is 177 Å². The SMILES string of the molecule is O=C(NCc1ccc(Cl)cc1)c1csc(N2CCN(c3ccccc3F)CC2)n1. The molecule has 1 aliphatic heterocycles. The molecule has 8 heteroatoms. The number of carbonyl (C=O) groups excluding carboxylic acids is 1. The zero-order valence-corrected chi connectivity index (χ0v) is 17.2. The Morgan fingerprint density at radius 3 is 2.48 bits per heavy atom. The third-order valence-electron chi connectivity index (χ3n) is 4.83. The summed E-state index contributed by atoms with van der Waals surface area (Å²) >= 11 is 7.33. The second kappa shape index (κ2) is 8.80. The highest BCUT2D eigenvalue weighted by atomic mass is 35.5. The van der Waals surface area contributed by atoms with Crippen LogP contribution in [-0.4, -0.2) is 37.1 Å². The monoisotopic (exact) mass is 430 g/mol. The van der Waals surface area contributed by atoms with Gasteiger partial charge in [-0.3, -0.25) is 4.79 Å². The number of amides is 1. The van der Waals surface area contributed by atoms with Gasteiger partial charge in [-0.2, -0.15) is 0 Å². The molecule has 0 atom stereocenters. The lowest BCUT2D eigenvalue weighted by Crippen LogP contribution is -2.46. The van der Waals surface area contributed by atoms with E-state index >= 15 is 0 Å². The topological polar surface area (TPSA) is 48.5 Å². The van der Waals surface area contributed by atoms with Crippen LogP contribution in [0.15, 0.2) is 53.9 Å². The second-order valence-corrected chi connectivity index (χ2v) is 8.02. The van der Waals surface area contributed by atoms with Crippen molar-refractivity contribution < 1.29 is 9.18 Å². The number of anilines is 2. The molecule has 1 saturated heterocycles. The van der Waals surface area contributed by atoms with Crippen LogP contribution in [0.25, 0.3) is 0 Å². The minimum Gasteiger partial charge on any atom is -0.366 e. The first kappa shape index (κ1) is 19.7. The summed E-state index contributed by atoms with van der Waals surface area (Å²) in [4.78, 5) is 21.1. The molecule has 0 unspecified atom stereocenters. The Bertz CT molecular complexity index is 986. The number of carbonyl (C=O) groups is 1. The Morgan fingerprint density at radius 1 is 1.07 bits per heavy atom. The number of halogens is 2. The summed E-state index contributed by atoms with van der Waals surface area (Å²) in [7, 11) is 0. The molecule has 0 radical (unpaired) electrons. The molecule has 150 valence electrons. The molecule has 2 aromatic carbocycles. The normalized spacial score (nSPS) is 14.1. The molecule has 1 amide bonds. The van der Waals surface area contributed by atoms with Crippen LogP contribution >= 0.6 is 22.9 Å². The van der Waals surface area contributed by atoms with Crippen molar-refractivity contribution in [1.82, 2.24) is 10.3 Å². The van der Waals surface area contributed by atoms with E-state index in [4.69, 9.17) is 11.6 Å². The summed E-state index contributed by atoms with van der Waals surface area (Å²) in [5, 5.41) is 6.13. The van der Waals surface area contributed by atoms with Gasteiger partial charge in [0.2, 0.25) is 0 Å². The summed E-state index contributed by atoms with van der Waals surface area (Å²) in [5.41, 5.74) is 2.02. The van der Waals surface area contributed by atoms with Gasteiger partial charge in [0.1, 0.15) is 11.5 Å². The smallest absolute Gasteiger partial charge is 0.271 e. The molecule has 0 bridgehead atoms. The fourth-order valence-electron chi connectivity index (χ4n) is 3.24. The van der Waals surface area contributed by atoms with Gasteiger partial charge in [-0.05, 0) is 29.8 Å². The highest BCUT2D eigenvalue weighted by molar-refractivity contribution is 7.13. The Balaban J connectivity index is 1.33. The van der Waals surface area contributed by atoms with E-state index in [-0.39, 0.29) is 11.7 Å². The number of benzene rings is 2. The van der Waals surface area contributed by atoms with Crippen molar-refractivity contribution in [2.75, 3.05) is 36.0 Å². The predicted molar refractivity (Wildman–Crippen MR) is 116 cm³/mol. The quantitative estimate of drug-likeness (QED) is 0.659. The minimum atomic E-state index is -0.201. The summed E-state index contributed by atoms with van der Waals surface area (Å²) in [5.74, 6) is -0.401. The second-order valence-electron chi connectivity index (χ2n) is 6.75. The van der Waals surface area contributed by atoms with Crippen molar-refractivity contribution in [3.05, 3.63) is 76.0 Å². The molecule has 5 nitrogen and oxygen atoms in total. The average molecular weight is 431 g/mol. The number of hydrogen-bond donors (Lipinski definition) is 1. The van der Waals surface area contributed by atoms with Crippen LogP contribution in [0.5, 0.6) is 0 Å². The molecule has 1 aliphatic rings. The molecule has 1 fully saturated rings. The number of nitrogens with zero attached hydrogens (tertiary/aromatic N) is 3. The fourth-order valence-corrected chi connectivity index (χ4v) is 4.22. The van der Waals surface area contributed by atoms with Crippen LogP contribution in [0.3, 0.4) is 0 Å². The first-order valence-corrected chi connectivity index (χ1v) is 10.6. The molecule has 0 saturated carbocycles. The average Bonchev–Trinajstić information content (AvgIpc) is 3.24. The molecular weight excluding hydrogens is 411 g/mol. The van der Waals surface area contributed by atoms with E-state index in [0.29, 0.717) is 36.0 Å². The van der Waals surface area contributed by atoms with Crippen LogP contribution in [-0.2, 0) is 6.54 Å². The van der Waals surface area contributed by atoms with Gasteiger partial charge in [-0.25, -0.2) is 9.37 Å². The van der Waals surface area contributed by atoms with Gasteiger partial charge in [0.15, 0.2) is 5.13 Å². The third-order valence-corrected chi connectivity index (χ3v) is 5.99. The van der Waals surface area contributed by atoms with Gasteiger partial charge in [-0.15, -0.1) is 11.3 Å². The van der Waals surface area contributed by atoms with Crippen LogP contribution in [0.2, 0.25) is 5.02 Å². The zero-order chi connectivity index (χ0) is 20.2. The molecule has 3 aromatic rings. The maximum Gasteiger partial charge on any atom is 0.271 e. The number of aromatic nitrogens is 1. The summed E-state index contributed by atoms with van der Waals surface area (Å²) < 4.78 is 14.0. The van der Waals surface area contributed by atoms with Crippen molar-refractivity contribution in [3.63, 3.8) is 0 Å². The number of nitrogens with one attached hydrogen (secondary N) is 1. The third kappa shape index (κ3) is 4.68. The van der Waals surface area contributed by atoms with E-state index in [1.807, 2.05) is 23.1 Å². The largest absolute Gasteiger partial charge is 0.366 e. The molecule has 4 rings (SSSR count). The Kier molecular flexibility index (Phi) is 5.97. The highest BCUT2D eigenvalue weighted by Crippen LogP contribution is 2.25. The van der Waals surface area contributed by atoms with E-state index in [0.717, 1.165) is 23.8 Å². The van der Waals surface area contributed by atoms with Gasteiger partial charge < -0.3 is 15.1 Å². The van der Waals surface area contributed by atoms with E-state index < -0.39 is 0 Å². The molecule has 0 spiro atoms. The van der Waals surface area contributed by atoms with Crippen LogP contribution < -0.4 is 15.1 Å². The number of hydrogen-bond acceptors (Lipinski definition) is 5. The van der Waals surface area contributed by atoms with E-state index in [9.17, 15) is 9.18 Å². The summed E-state index contributed by atoms with van der Waals surface area (Å²) in [6.45, 7) is 3.29. The summed E-state index contributed by atoms with van der Waals surface area (Å²) in [6.07, 6.45) is 0. The van der Waals surface area contributed by atoms with Gasteiger partial charge in [0.05, 0.1) is 5.69 Å².